The Morgan fingerprint density at radius 3 is 2.85 bits per heavy atom. The Kier molecular flexibility index (Phi) is 4.73. The van der Waals surface area contributed by atoms with Gasteiger partial charge < -0.3 is 5.32 Å². The number of halogens is 2. The van der Waals surface area contributed by atoms with Crippen LogP contribution in [0.25, 0.3) is 0 Å². The molecule has 1 saturated heterocycles. The third kappa shape index (κ3) is 3.16. The molecule has 0 spiro atoms. The number of imide groups is 1. The van der Waals surface area contributed by atoms with Gasteiger partial charge in [0.05, 0.1) is 17.5 Å². The largest absolute Gasteiger partial charge is 0.301 e. The molecule has 1 aliphatic rings. The molecule has 1 unspecified atom stereocenters. The topological polar surface area (TPSA) is 49.4 Å². The van der Waals surface area contributed by atoms with Gasteiger partial charge in [-0.2, -0.15) is 0 Å². The van der Waals surface area contributed by atoms with E-state index in [-0.39, 0.29) is 23.3 Å². The number of amides is 2. The maximum atomic E-state index is 13.0. The highest BCUT2D eigenvalue weighted by atomic mass is 35.5. The summed E-state index contributed by atoms with van der Waals surface area (Å²) in [4.78, 5) is 25.0. The average molecular weight is 299 g/mol. The van der Waals surface area contributed by atoms with Gasteiger partial charge in [0.15, 0.2) is 0 Å². The number of benzene rings is 1. The minimum Gasteiger partial charge on any atom is -0.301 e. The summed E-state index contributed by atoms with van der Waals surface area (Å²) in [5.41, 5.74) is 0.769. The predicted octanol–water partition coefficient (Wildman–Crippen LogP) is 2.11. The zero-order valence-corrected chi connectivity index (χ0v) is 11.9. The van der Waals surface area contributed by atoms with Gasteiger partial charge in [-0.3, -0.25) is 14.5 Å². The molecule has 1 atom stereocenters. The molecule has 1 aromatic rings. The first-order valence-electron chi connectivity index (χ1n) is 6.54. The van der Waals surface area contributed by atoms with E-state index in [2.05, 4.69) is 5.32 Å². The summed E-state index contributed by atoms with van der Waals surface area (Å²) in [6.45, 7) is 2.74. The van der Waals surface area contributed by atoms with Crippen LogP contribution in [0, 0.1) is 5.82 Å². The number of rotatable bonds is 5. The van der Waals surface area contributed by atoms with Gasteiger partial charge in [0.25, 0.3) is 0 Å². The summed E-state index contributed by atoms with van der Waals surface area (Å²) < 4.78 is 13.0. The second kappa shape index (κ2) is 6.33. The van der Waals surface area contributed by atoms with Crippen LogP contribution in [0.1, 0.15) is 25.3 Å². The Balaban J connectivity index is 1.96. The number of carbonyl (C=O) groups is 2. The van der Waals surface area contributed by atoms with Crippen LogP contribution in [-0.2, 0) is 16.1 Å². The van der Waals surface area contributed by atoms with E-state index in [9.17, 15) is 14.0 Å². The van der Waals surface area contributed by atoms with Gasteiger partial charge in [-0.25, -0.2) is 4.39 Å². The predicted molar refractivity (Wildman–Crippen MR) is 73.7 cm³/mol. The molecule has 0 radical (unpaired) electrons. The van der Waals surface area contributed by atoms with Crippen LogP contribution in [-0.4, -0.2) is 29.3 Å². The van der Waals surface area contributed by atoms with Gasteiger partial charge in [0.1, 0.15) is 5.82 Å². The lowest BCUT2D eigenvalue weighted by Gasteiger charge is -2.14. The van der Waals surface area contributed by atoms with E-state index in [1.807, 2.05) is 6.92 Å². The SMILES string of the molecule is CCCN1C(=O)CC(NCc2ccc(F)c(Cl)c2)C1=O. The molecule has 1 fully saturated rings. The van der Waals surface area contributed by atoms with Crippen molar-refractivity contribution in [2.45, 2.75) is 32.4 Å². The van der Waals surface area contributed by atoms with Crippen molar-refractivity contribution in [2.24, 2.45) is 0 Å². The lowest BCUT2D eigenvalue weighted by molar-refractivity contribution is -0.138. The normalized spacial score (nSPS) is 18.9. The highest BCUT2D eigenvalue weighted by molar-refractivity contribution is 6.30. The number of nitrogens with one attached hydrogen (secondary N) is 1. The van der Waals surface area contributed by atoms with Crippen molar-refractivity contribution >= 4 is 23.4 Å². The third-order valence-electron chi connectivity index (χ3n) is 3.23. The van der Waals surface area contributed by atoms with Crippen LogP contribution in [0.5, 0.6) is 0 Å². The molecule has 0 bridgehead atoms. The fourth-order valence-electron chi connectivity index (χ4n) is 2.19. The highest BCUT2D eigenvalue weighted by Gasteiger charge is 2.37. The minimum absolute atomic E-state index is 0.0470. The quantitative estimate of drug-likeness (QED) is 0.847. The molecular weight excluding hydrogens is 283 g/mol. The Morgan fingerprint density at radius 2 is 2.20 bits per heavy atom. The second-order valence-corrected chi connectivity index (χ2v) is 5.18. The van der Waals surface area contributed by atoms with E-state index in [1.54, 1.807) is 6.07 Å². The lowest BCUT2D eigenvalue weighted by atomic mass is 10.2. The molecule has 108 valence electrons. The summed E-state index contributed by atoms with van der Waals surface area (Å²) in [6, 6.07) is 3.89. The van der Waals surface area contributed by atoms with E-state index < -0.39 is 11.9 Å². The maximum absolute atomic E-state index is 13.0. The molecule has 1 N–H and O–H groups in total. The van der Waals surface area contributed by atoms with Crippen LogP contribution in [0.2, 0.25) is 5.02 Å². The Bertz CT molecular complexity index is 536. The lowest BCUT2D eigenvalue weighted by Crippen LogP contribution is -2.38. The molecule has 1 aliphatic heterocycles. The van der Waals surface area contributed by atoms with E-state index >= 15 is 0 Å². The molecule has 0 saturated carbocycles. The first-order chi connectivity index (χ1) is 9.52. The van der Waals surface area contributed by atoms with Crippen molar-refractivity contribution in [1.82, 2.24) is 10.2 Å². The smallest absolute Gasteiger partial charge is 0.246 e. The van der Waals surface area contributed by atoms with Crippen molar-refractivity contribution in [2.75, 3.05) is 6.54 Å². The number of hydrogen-bond acceptors (Lipinski definition) is 3. The summed E-state index contributed by atoms with van der Waals surface area (Å²) in [5, 5.41) is 3.07. The fourth-order valence-corrected chi connectivity index (χ4v) is 2.39. The van der Waals surface area contributed by atoms with E-state index in [1.165, 1.54) is 17.0 Å². The molecule has 1 heterocycles. The van der Waals surface area contributed by atoms with Crippen molar-refractivity contribution < 1.29 is 14.0 Å². The van der Waals surface area contributed by atoms with E-state index in [0.717, 1.165) is 12.0 Å². The molecule has 4 nitrogen and oxygen atoms in total. The van der Waals surface area contributed by atoms with Crippen LogP contribution in [0.4, 0.5) is 4.39 Å². The van der Waals surface area contributed by atoms with Crippen molar-refractivity contribution in [3.05, 3.63) is 34.6 Å². The molecule has 2 rings (SSSR count). The van der Waals surface area contributed by atoms with Gasteiger partial charge in [-0.05, 0) is 24.1 Å². The number of carbonyl (C=O) groups excluding carboxylic acids is 2. The monoisotopic (exact) mass is 298 g/mol. The van der Waals surface area contributed by atoms with Crippen LogP contribution in [0.3, 0.4) is 0 Å². The van der Waals surface area contributed by atoms with Gasteiger partial charge >= 0.3 is 0 Å². The van der Waals surface area contributed by atoms with E-state index in [4.69, 9.17) is 11.6 Å². The molecule has 2 amide bonds. The number of nitrogens with zero attached hydrogens (tertiary/aromatic N) is 1. The zero-order valence-electron chi connectivity index (χ0n) is 11.2. The van der Waals surface area contributed by atoms with Crippen molar-refractivity contribution in [3.63, 3.8) is 0 Å². The fraction of sp³-hybridized carbons (Fsp3) is 0.429. The summed E-state index contributed by atoms with van der Waals surface area (Å²) >= 11 is 5.69. The van der Waals surface area contributed by atoms with E-state index in [0.29, 0.717) is 13.1 Å². The molecular formula is C14H16ClFN2O2. The Labute approximate surface area is 121 Å². The molecule has 0 aliphatic carbocycles. The van der Waals surface area contributed by atoms with Gasteiger partial charge in [0.2, 0.25) is 11.8 Å². The number of likely N-dealkylation sites (tertiary alicyclic amines) is 1. The van der Waals surface area contributed by atoms with Gasteiger partial charge in [0, 0.05) is 13.1 Å². The molecule has 1 aromatic carbocycles. The second-order valence-electron chi connectivity index (χ2n) is 4.77. The minimum atomic E-state index is -0.502. The molecule has 20 heavy (non-hydrogen) atoms. The summed E-state index contributed by atoms with van der Waals surface area (Å²) in [5.74, 6) is -0.812. The summed E-state index contributed by atoms with van der Waals surface area (Å²) in [7, 11) is 0. The first-order valence-corrected chi connectivity index (χ1v) is 6.92. The maximum Gasteiger partial charge on any atom is 0.246 e. The Hall–Kier alpha value is -1.46. The van der Waals surface area contributed by atoms with Crippen LogP contribution < -0.4 is 5.32 Å². The summed E-state index contributed by atoms with van der Waals surface area (Å²) in [6.07, 6.45) is 0.922. The first kappa shape index (κ1) is 14.9. The van der Waals surface area contributed by atoms with Crippen LogP contribution in [0.15, 0.2) is 18.2 Å². The third-order valence-corrected chi connectivity index (χ3v) is 3.52. The standard InChI is InChI=1S/C14H16ClFN2O2/c1-2-5-18-13(19)7-12(14(18)20)17-8-9-3-4-11(16)10(15)6-9/h3-4,6,12,17H,2,5,7-8H2,1H3. The van der Waals surface area contributed by atoms with Gasteiger partial charge in [-0.1, -0.05) is 24.6 Å². The highest BCUT2D eigenvalue weighted by Crippen LogP contribution is 2.17. The van der Waals surface area contributed by atoms with Crippen molar-refractivity contribution in [1.29, 1.82) is 0 Å². The zero-order chi connectivity index (χ0) is 14.7. The number of hydrogen-bond donors (Lipinski definition) is 1. The van der Waals surface area contributed by atoms with Crippen molar-refractivity contribution in [3.8, 4) is 0 Å². The molecule has 0 aromatic heterocycles. The van der Waals surface area contributed by atoms with Crippen LogP contribution >= 0.6 is 11.6 Å². The molecule has 6 heteroatoms. The van der Waals surface area contributed by atoms with Gasteiger partial charge in [-0.15, -0.1) is 0 Å². The Morgan fingerprint density at radius 1 is 1.45 bits per heavy atom. The average Bonchev–Trinajstić information content (AvgIpc) is 2.68.